The highest BCUT2D eigenvalue weighted by molar-refractivity contribution is 5.90. The molecule has 0 bridgehead atoms. The molecule has 0 radical (unpaired) electrons. The van der Waals surface area contributed by atoms with E-state index in [4.69, 9.17) is 14.5 Å². The minimum absolute atomic E-state index is 0. The maximum atomic E-state index is 13.5. The summed E-state index contributed by atoms with van der Waals surface area (Å²) < 4.78 is 12.8. The van der Waals surface area contributed by atoms with E-state index in [1.54, 1.807) is 34.6 Å². The molecule has 1 amide bonds. The number of allylic oxidation sites excluding steroid dienone is 1. The summed E-state index contributed by atoms with van der Waals surface area (Å²) in [5.41, 5.74) is 1.91. The van der Waals surface area contributed by atoms with Crippen LogP contribution in [0, 0.1) is 0 Å². The van der Waals surface area contributed by atoms with E-state index >= 15 is 0 Å². The van der Waals surface area contributed by atoms with E-state index in [1.165, 1.54) is 19.3 Å². The Morgan fingerprint density at radius 2 is 1.91 bits per heavy atom. The maximum Gasteiger partial charge on any atom is 0.415 e. The number of esters is 1. The fourth-order valence-corrected chi connectivity index (χ4v) is 7.40. The molecule has 0 spiro atoms. The van der Waals surface area contributed by atoms with Gasteiger partial charge in [0.1, 0.15) is 12.4 Å². The number of rotatable bonds is 5. The van der Waals surface area contributed by atoms with Crippen LogP contribution < -0.4 is 10.3 Å². The first-order valence-electron chi connectivity index (χ1n) is 15.8. The first-order valence-corrected chi connectivity index (χ1v) is 15.8. The monoisotopic (exact) mass is 634 g/mol. The summed E-state index contributed by atoms with van der Waals surface area (Å²) >= 11 is 0. The summed E-state index contributed by atoms with van der Waals surface area (Å²) in [6.07, 6.45) is 7.75. The third-order valence-corrected chi connectivity index (χ3v) is 9.94. The van der Waals surface area contributed by atoms with Crippen LogP contribution in [0.3, 0.4) is 0 Å². The molecule has 11 heteroatoms. The highest BCUT2D eigenvalue weighted by Gasteiger charge is 2.45. The van der Waals surface area contributed by atoms with Gasteiger partial charge in [-0.3, -0.25) is 4.79 Å². The second kappa shape index (κ2) is 12.2. The highest BCUT2D eigenvalue weighted by atomic mass is 35.5. The first-order chi connectivity index (χ1) is 21.3. The van der Waals surface area contributed by atoms with Crippen molar-refractivity contribution in [2.45, 2.75) is 76.7 Å². The second-order valence-corrected chi connectivity index (χ2v) is 12.4. The number of aromatic nitrogens is 2. The Balaban J connectivity index is 0.00000357. The molecule has 4 aliphatic heterocycles. The van der Waals surface area contributed by atoms with Gasteiger partial charge in [0.2, 0.25) is 0 Å². The number of nitrogens with zero attached hydrogens (tertiary/aromatic N) is 4. The minimum atomic E-state index is -1.87. The summed E-state index contributed by atoms with van der Waals surface area (Å²) in [6.45, 7) is 9.42. The molecule has 2 aromatic heterocycles. The van der Waals surface area contributed by atoms with Crippen molar-refractivity contribution in [3.63, 3.8) is 0 Å². The number of cyclic esters (lactones) is 1. The van der Waals surface area contributed by atoms with Gasteiger partial charge in [-0.15, -0.1) is 19.0 Å². The normalized spacial score (nSPS) is 21.4. The Morgan fingerprint density at radius 3 is 2.62 bits per heavy atom. The van der Waals surface area contributed by atoms with Gasteiger partial charge in [-0.05, 0) is 75.9 Å². The van der Waals surface area contributed by atoms with Crippen molar-refractivity contribution in [1.29, 1.82) is 0 Å². The lowest BCUT2D eigenvalue weighted by atomic mass is 9.86. The van der Waals surface area contributed by atoms with Crippen LogP contribution in [0.5, 0.6) is 5.75 Å². The molecule has 0 unspecified atom stereocenters. The van der Waals surface area contributed by atoms with Crippen LogP contribution in [0.2, 0.25) is 0 Å². The van der Waals surface area contributed by atoms with Gasteiger partial charge in [0.05, 0.1) is 29.0 Å². The Kier molecular flexibility index (Phi) is 8.49. The van der Waals surface area contributed by atoms with Crippen LogP contribution in [-0.4, -0.2) is 68.7 Å². The fraction of sp³-hybridized carbons (Fsp3) is 0.471. The van der Waals surface area contributed by atoms with Gasteiger partial charge in [-0.25, -0.2) is 14.6 Å². The zero-order chi connectivity index (χ0) is 30.6. The van der Waals surface area contributed by atoms with Crippen LogP contribution in [-0.2, 0) is 34.7 Å². The molecule has 45 heavy (non-hydrogen) atoms. The Bertz CT molecular complexity index is 1740. The number of amides is 1. The number of fused-ring (bicyclic) bond motifs is 5. The molecule has 4 aliphatic rings. The molecule has 238 valence electrons. The largest absolute Gasteiger partial charge is 0.458 e. The lowest BCUT2D eigenvalue weighted by Gasteiger charge is -2.39. The first kappa shape index (κ1) is 31.3. The summed E-state index contributed by atoms with van der Waals surface area (Å²) in [6, 6.07) is 7.85. The predicted octanol–water partition coefficient (Wildman–Crippen LogP) is 4.68. The number of likely N-dealkylation sites (tertiary alicyclic amines) is 2. The number of hydrogen-bond donors (Lipinski definition) is 1. The Morgan fingerprint density at radius 1 is 1.16 bits per heavy atom. The molecular formula is C34H39ClN4O6. The summed E-state index contributed by atoms with van der Waals surface area (Å²) in [5.74, 6) is -0.266. The van der Waals surface area contributed by atoms with Crippen LogP contribution in [0.1, 0.15) is 67.7 Å². The van der Waals surface area contributed by atoms with Crippen molar-refractivity contribution in [2.75, 3.05) is 26.2 Å². The number of hydrogen-bond acceptors (Lipinski definition) is 8. The third-order valence-electron chi connectivity index (χ3n) is 9.94. The van der Waals surface area contributed by atoms with Crippen LogP contribution in [0.15, 0.2) is 41.7 Å². The molecule has 2 saturated heterocycles. The number of aliphatic hydroxyl groups is 1. The number of ether oxygens (including phenoxy) is 2. The second-order valence-electron chi connectivity index (χ2n) is 12.4. The molecule has 10 nitrogen and oxygen atoms in total. The molecule has 0 aliphatic carbocycles. The van der Waals surface area contributed by atoms with E-state index < -0.39 is 11.6 Å². The van der Waals surface area contributed by atoms with Gasteiger partial charge < -0.3 is 28.9 Å². The van der Waals surface area contributed by atoms with Crippen molar-refractivity contribution in [1.82, 2.24) is 19.4 Å². The smallest absolute Gasteiger partial charge is 0.415 e. The average Bonchev–Trinajstić information content (AvgIpc) is 3.41. The van der Waals surface area contributed by atoms with E-state index in [9.17, 15) is 19.5 Å². The molecule has 1 N–H and O–H groups in total. The van der Waals surface area contributed by atoms with E-state index in [-0.39, 0.29) is 48.2 Å². The van der Waals surface area contributed by atoms with E-state index in [2.05, 4.69) is 11.5 Å². The third kappa shape index (κ3) is 5.22. The minimum Gasteiger partial charge on any atom is -0.458 e. The molecule has 7 rings (SSSR count). The van der Waals surface area contributed by atoms with Gasteiger partial charge >= 0.3 is 12.1 Å². The van der Waals surface area contributed by atoms with Gasteiger partial charge in [0.25, 0.3) is 5.56 Å². The average molecular weight is 635 g/mol. The SMILES string of the molecule is C=CCc1c(OC(=O)N2CCC(N3CCCCC3)CC2)ccc2nc3c(cc12)Cn1c-3cc2c(c1=O)COC(=O)[C@]2(O)CC.Cl. The molecular weight excluding hydrogens is 596 g/mol. The van der Waals surface area contributed by atoms with E-state index in [0.717, 1.165) is 42.4 Å². The lowest BCUT2D eigenvalue weighted by Crippen LogP contribution is -2.48. The zero-order valence-corrected chi connectivity index (χ0v) is 26.4. The van der Waals surface area contributed by atoms with Gasteiger partial charge in [0, 0.05) is 41.2 Å². The number of pyridine rings is 2. The van der Waals surface area contributed by atoms with E-state index in [1.807, 2.05) is 12.1 Å². The molecule has 3 aromatic rings. The van der Waals surface area contributed by atoms with Crippen LogP contribution >= 0.6 is 12.4 Å². The standard InChI is InChI=1S/C34H38N4O6.ClH/c1-3-8-23-24-17-21-19-38-28(18-26-25(31(38)39)20-43-32(40)34(26,42)4-2)30(21)35-27(24)9-10-29(23)44-33(41)37-15-11-22(12-16-37)36-13-6-5-7-14-36;/h3,9-10,17-18,22,42H,1,4-8,11-16,19-20H2,2H3;1H/t34-;/m0./s1. The van der Waals surface area contributed by atoms with Crippen molar-refractivity contribution in [2.24, 2.45) is 0 Å². The number of benzene rings is 1. The summed E-state index contributed by atoms with van der Waals surface area (Å²) in [7, 11) is 0. The molecule has 1 aromatic carbocycles. The van der Waals surface area contributed by atoms with Crippen molar-refractivity contribution >= 4 is 35.4 Å². The lowest BCUT2D eigenvalue weighted by molar-refractivity contribution is -0.172. The fourth-order valence-electron chi connectivity index (χ4n) is 7.40. The summed E-state index contributed by atoms with van der Waals surface area (Å²) in [4.78, 5) is 48.7. The van der Waals surface area contributed by atoms with Crippen molar-refractivity contribution < 1.29 is 24.2 Å². The van der Waals surface area contributed by atoms with E-state index in [0.29, 0.717) is 54.8 Å². The molecule has 1 atom stereocenters. The topological polar surface area (TPSA) is 114 Å². The van der Waals surface area contributed by atoms with Gasteiger partial charge in [-0.2, -0.15) is 0 Å². The highest BCUT2D eigenvalue weighted by Crippen LogP contribution is 2.40. The predicted molar refractivity (Wildman–Crippen MR) is 172 cm³/mol. The maximum absolute atomic E-state index is 13.5. The number of carbonyl (C=O) groups excluding carboxylic acids is 2. The zero-order valence-electron chi connectivity index (χ0n) is 25.5. The van der Waals surface area contributed by atoms with Crippen LogP contribution in [0.25, 0.3) is 22.3 Å². The van der Waals surface area contributed by atoms with Gasteiger partial charge in [0.15, 0.2) is 5.60 Å². The van der Waals surface area contributed by atoms with Crippen molar-refractivity contribution in [3.8, 4) is 17.1 Å². The number of carbonyl (C=O) groups is 2. The van der Waals surface area contributed by atoms with Crippen molar-refractivity contribution in [3.05, 3.63) is 69.5 Å². The van der Waals surface area contributed by atoms with Crippen LogP contribution in [0.4, 0.5) is 4.79 Å². The Labute approximate surface area is 268 Å². The van der Waals surface area contributed by atoms with Gasteiger partial charge in [-0.1, -0.05) is 19.4 Å². The quantitative estimate of drug-likeness (QED) is 0.249. The number of piperidine rings is 2. The number of halogens is 1. The Hall–Kier alpha value is -3.73. The molecule has 0 saturated carbocycles. The molecule has 6 heterocycles. The summed E-state index contributed by atoms with van der Waals surface area (Å²) in [5, 5.41) is 12.0. The molecule has 2 fully saturated rings.